The summed E-state index contributed by atoms with van der Waals surface area (Å²) in [6.07, 6.45) is 4.97. The van der Waals surface area contributed by atoms with Crippen LogP contribution in [0.1, 0.15) is 24.3 Å². The van der Waals surface area contributed by atoms with Gasteiger partial charge >= 0.3 is 13.6 Å². The van der Waals surface area contributed by atoms with Gasteiger partial charge in [0.05, 0.1) is 24.4 Å². The molecule has 0 radical (unpaired) electrons. The summed E-state index contributed by atoms with van der Waals surface area (Å²) in [4.78, 5) is 28.3. The number of rotatable bonds is 14. The molecule has 11 nitrogen and oxygen atoms in total. The molecule has 1 aromatic heterocycles. The fourth-order valence-corrected chi connectivity index (χ4v) is 5.05. The maximum absolute atomic E-state index is 12.6. The van der Waals surface area contributed by atoms with E-state index in [-0.39, 0.29) is 24.4 Å². The molecular formula is C28H32ClN4O7P. The van der Waals surface area contributed by atoms with Gasteiger partial charge in [0.25, 0.3) is 5.91 Å². The Hall–Kier alpha value is -3.89. The lowest BCUT2D eigenvalue weighted by atomic mass is 10.3. The molecule has 0 saturated carbocycles. The van der Waals surface area contributed by atoms with Gasteiger partial charge in [-0.15, -0.1) is 0 Å². The third-order valence-electron chi connectivity index (χ3n) is 5.21. The predicted octanol–water partition coefficient (Wildman–Crippen LogP) is 6.73. The van der Waals surface area contributed by atoms with Crippen molar-refractivity contribution in [2.45, 2.75) is 13.8 Å². The van der Waals surface area contributed by atoms with Crippen LogP contribution in [0.2, 0.25) is 5.02 Å². The Bertz CT molecular complexity index is 1390. The standard InChI is InChI=1S/C28H32ClN4O7P/c1-4-38-41(36,39-5-2)17-7-6-16-37-26-18-21(10-13-24(26)29)33-28(35)32-20-8-11-22(12-9-20)40-23-14-15-31-25(19-23)27(34)30-3/h6-15,18-19H,4-5,16-17H2,1-3H3,(H,30,34)(H2,32,33,35). The van der Waals surface area contributed by atoms with Gasteiger partial charge in [-0.1, -0.05) is 23.8 Å². The van der Waals surface area contributed by atoms with Crippen molar-refractivity contribution in [1.82, 2.24) is 10.3 Å². The average molecular weight is 603 g/mol. The van der Waals surface area contributed by atoms with Gasteiger partial charge in [0.15, 0.2) is 0 Å². The second-order valence-electron chi connectivity index (χ2n) is 8.22. The number of aromatic nitrogens is 1. The Kier molecular flexibility index (Phi) is 12.2. The lowest BCUT2D eigenvalue weighted by Gasteiger charge is -2.14. The van der Waals surface area contributed by atoms with E-state index in [0.717, 1.165) is 0 Å². The molecule has 0 spiro atoms. The zero-order valence-electron chi connectivity index (χ0n) is 22.9. The smallest absolute Gasteiger partial charge is 0.334 e. The van der Waals surface area contributed by atoms with Crippen LogP contribution >= 0.6 is 19.2 Å². The number of hydrogen-bond acceptors (Lipinski definition) is 8. The molecule has 13 heteroatoms. The maximum Gasteiger partial charge on any atom is 0.334 e. The number of urea groups is 1. The third-order valence-corrected chi connectivity index (χ3v) is 7.48. The topological polar surface area (TPSA) is 137 Å². The highest BCUT2D eigenvalue weighted by Crippen LogP contribution is 2.47. The maximum atomic E-state index is 12.6. The fourth-order valence-electron chi connectivity index (χ4n) is 3.40. The minimum Gasteiger partial charge on any atom is -0.488 e. The molecule has 0 fully saturated rings. The molecule has 3 rings (SSSR count). The molecule has 2 aromatic carbocycles. The SMILES string of the molecule is CCOP(=O)(CC=CCOc1cc(NC(=O)Nc2ccc(Oc3ccnc(C(=O)NC)c3)cc2)ccc1Cl)OCC. The van der Waals surface area contributed by atoms with E-state index >= 15 is 0 Å². The van der Waals surface area contributed by atoms with Crippen LogP contribution < -0.4 is 25.4 Å². The highest BCUT2D eigenvalue weighted by atomic mass is 35.5. The molecule has 0 saturated heterocycles. The van der Waals surface area contributed by atoms with Crippen LogP contribution in [0.5, 0.6) is 17.2 Å². The van der Waals surface area contributed by atoms with Gasteiger partial charge in [-0.3, -0.25) is 14.3 Å². The first-order valence-electron chi connectivity index (χ1n) is 12.7. The number of hydrogen-bond donors (Lipinski definition) is 3. The predicted molar refractivity (Wildman–Crippen MR) is 159 cm³/mol. The van der Waals surface area contributed by atoms with E-state index in [1.165, 1.54) is 19.3 Å². The Morgan fingerprint density at radius 3 is 2.29 bits per heavy atom. The molecule has 3 aromatic rings. The normalized spacial score (nSPS) is 11.2. The average Bonchev–Trinajstić information content (AvgIpc) is 2.95. The van der Waals surface area contributed by atoms with Crippen molar-refractivity contribution in [1.29, 1.82) is 0 Å². The quantitative estimate of drug-likeness (QED) is 0.136. The van der Waals surface area contributed by atoms with E-state index in [9.17, 15) is 14.2 Å². The van der Waals surface area contributed by atoms with Crippen molar-refractivity contribution in [3.05, 3.63) is 83.7 Å². The largest absolute Gasteiger partial charge is 0.488 e. The molecule has 0 unspecified atom stereocenters. The van der Waals surface area contributed by atoms with E-state index in [1.807, 2.05) is 0 Å². The molecule has 0 bridgehead atoms. The van der Waals surface area contributed by atoms with E-state index in [0.29, 0.717) is 46.9 Å². The van der Waals surface area contributed by atoms with Gasteiger partial charge in [-0.05, 0) is 56.3 Å². The number of amides is 3. The number of anilines is 2. The molecule has 0 aliphatic carbocycles. The van der Waals surface area contributed by atoms with Crippen LogP contribution in [0.15, 0.2) is 72.9 Å². The number of carbonyl (C=O) groups is 2. The summed E-state index contributed by atoms with van der Waals surface area (Å²) < 4.78 is 34.5. The second kappa shape index (κ2) is 15.8. The Morgan fingerprint density at radius 2 is 1.61 bits per heavy atom. The van der Waals surface area contributed by atoms with E-state index in [2.05, 4.69) is 20.9 Å². The first kappa shape index (κ1) is 31.6. The number of nitrogens with one attached hydrogen (secondary N) is 3. The molecule has 3 N–H and O–H groups in total. The number of allylic oxidation sites excluding steroid dienone is 1. The molecule has 41 heavy (non-hydrogen) atoms. The van der Waals surface area contributed by atoms with E-state index < -0.39 is 13.6 Å². The van der Waals surface area contributed by atoms with Gasteiger partial charge in [-0.2, -0.15) is 0 Å². The molecule has 0 atom stereocenters. The number of ether oxygens (including phenoxy) is 2. The van der Waals surface area contributed by atoms with Crippen molar-refractivity contribution >= 4 is 42.5 Å². The highest BCUT2D eigenvalue weighted by molar-refractivity contribution is 7.54. The van der Waals surface area contributed by atoms with Crippen LogP contribution in [-0.2, 0) is 13.6 Å². The van der Waals surface area contributed by atoms with Gasteiger partial charge in [0, 0.05) is 36.8 Å². The molecule has 0 aliphatic rings. The van der Waals surface area contributed by atoms with Gasteiger partial charge in [0.1, 0.15) is 29.5 Å². The van der Waals surface area contributed by atoms with Crippen molar-refractivity contribution in [3.63, 3.8) is 0 Å². The molecule has 0 aliphatic heterocycles. The number of halogens is 1. The van der Waals surface area contributed by atoms with Gasteiger partial charge < -0.3 is 34.5 Å². The summed E-state index contributed by atoms with van der Waals surface area (Å²) in [5.41, 5.74) is 1.23. The summed E-state index contributed by atoms with van der Waals surface area (Å²) in [5, 5.41) is 8.35. The van der Waals surface area contributed by atoms with E-state index in [1.54, 1.807) is 74.5 Å². The number of carbonyl (C=O) groups excluding carboxylic acids is 2. The number of nitrogens with zero attached hydrogens (tertiary/aromatic N) is 1. The molecule has 218 valence electrons. The fraction of sp³-hybridized carbons (Fsp3) is 0.250. The summed E-state index contributed by atoms with van der Waals surface area (Å²) in [5.74, 6) is 1.01. The summed E-state index contributed by atoms with van der Waals surface area (Å²) >= 11 is 6.24. The molecule has 1 heterocycles. The van der Waals surface area contributed by atoms with Crippen molar-refractivity contribution < 1.29 is 32.7 Å². The Balaban J connectivity index is 1.52. The zero-order valence-corrected chi connectivity index (χ0v) is 24.5. The van der Waals surface area contributed by atoms with Gasteiger partial charge in [0.2, 0.25) is 0 Å². The van der Waals surface area contributed by atoms with Crippen LogP contribution in [0, 0.1) is 0 Å². The zero-order chi connectivity index (χ0) is 29.7. The monoisotopic (exact) mass is 602 g/mol. The number of benzene rings is 2. The van der Waals surface area contributed by atoms with Crippen molar-refractivity contribution in [3.8, 4) is 17.2 Å². The van der Waals surface area contributed by atoms with Crippen LogP contribution in [0.25, 0.3) is 0 Å². The highest BCUT2D eigenvalue weighted by Gasteiger charge is 2.21. The first-order valence-corrected chi connectivity index (χ1v) is 14.9. The van der Waals surface area contributed by atoms with Crippen LogP contribution in [0.3, 0.4) is 0 Å². The molecule has 3 amide bonds. The van der Waals surface area contributed by atoms with Crippen LogP contribution in [-0.4, -0.2) is 50.0 Å². The minimum absolute atomic E-state index is 0.128. The minimum atomic E-state index is -3.16. The van der Waals surface area contributed by atoms with Crippen LogP contribution in [0.4, 0.5) is 16.2 Å². The lowest BCUT2D eigenvalue weighted by Crippen LogP contribution is -2.19. The second-order valence-corrected chi connectivity index (χ2v) is 10.7. The lowest BCUT2D eigenvalue weighted by molar-refractivity contribution is 0.0957. The summed E-state index contributed by atoms with van der Waals surface area (Å²) in [6, 6.07) is 14.2. The van der Waals surface area contributed by atoms with Gasteiger partial charge in [-0.25, -0.2) is 4.79 Å². The first-order chi connectivity index (χ1) is 19.7. The van der Waals surface area contributed by atoms with E-state index in [4.69, 9.17) is 30.1 Å². The third kappa shape index (κ3) is 10.2. The Labute approximate surface area is 243 Å². The number of pyridine rings is 1. The molecular weight excluding hydrogens is 571 g/mol. The van der Waals surface area contributed by atoms with Crippen molar-refractivity contribution in [2.75, 3.05) is 43.7 Å². The summed E-state index contributed by atoms with van der Waals surface area (Å²) in [6.45, 7) is 4.25. The summed E-state index contributed by atoms with van der Waals surface area (Å²) in [7, 11) is -1.64. The van der Waals surface area contributed by atoms with Crippen molar-refractivity contribution in [2.24, 2.45) is 0 Å². The Morgan fingerprint density at radius 1 is 0.927 bits per heavy atom.